The summed E-state index contributed by atoms with van der Waals surface area (Å²) in [6.45, 7) is 0. The number of hydrogen-bond donors (Lipinski definition) is 0. The molecular weight excluding hydrogens is 220 g/mol. The predicted molar refractivity (Wildman–Crippen MR) is 64.3 cm³/mol. The lowest BCUT2D eigenvalue weighted by Gasteiger charge is -1.98. The van der Waals surface area contributed by atoms with Gasteiger partial charge in [0.2, 0.25) is 0 Å². The zero-order valence-electron chi connectivity index (χ0n) is 8.33. The van der Waals surface area contributed by atoms with E-state index >= 15 is 0 Å². The van der Waals surface area contributed by atoms with Crippen molar-refractivity contribution in [2.24, 2.45) is 0 Å². The first-order chi connectivity index (χ1) is 7.88. The summed E-state index contributed by atoms with van der Waals surface area (Å²) in [4.78, 5) is 11.4. The molecule has 0 unspecified atom stereocenters. The predicted octanol–water partition coefficient (Wildman–Crippen LogP) is 2.90. The van der Waals surface area contributed by atoms with E-state index in [4.69, 9.17) is 0 Å². The first-order valence-electron chi connectivity index (χ1n) is 4.85. The summed E-state index contributed by atoms with van der Waals surface area (Å²) in [5, 5.41) is 7.35. The molecule has 16 heavy (non-hydrogen) atoms. The monoisotopic (exact) mass is 228 g/mol. The van der Waals surface area contributed by atoms with Crippen LogP contribution < -0.4 is 0 Å². The van der Waals surface area contributed by atoms with Gasteiger partial charge in [-0.2, -0.15) is 5.10 Å². The summed E-state index contributed by atoms with van der Waals surface area (Å²) in [5.41, 5.74) is 1.99. The van der Waals surface area contributed by atoms with Gasteiger partial charge in [-0.15, -0.1) is 11.3 Å². The number of rotatable bonds is 2. The van der Waals surface area contributed by atoms with Gasteiger partial charge in [0.1, 0.15) is 0 Å². The topological polar surface area (TPSA) is 34.9 Å². The average molecular weight is 228 g/mol. The van der Waals surface area contributed by atoms with Crippen molar-refractivity contribution in [1.29, 1.82) is 0 Å². The van der Waals surface area contributed by atoms with Crippen molar-refractivity contribution in [3.63, 3.8) is 0 Å². The number of carbonyl (C=O) groups excluding carboxylic acids is 1. The summed E-state index contributed by atoms with van der Waals surface area (Å²) < 4.78 is 1.85. The third kappa shape index (κ3) is 1.35. The van der Waals surface area contributed by atoms with Gasteiger partial charge in [-0.3, -0.25) is 4.79 Å². The number of para-hydroxylation sites is 1. The van der Waals surface area contributed by atoms with Crippen LogP contribution >= 0.6 is 11.3 Å². The lowest BCUT2D eigenvalue weighted by molar-refractivity contribution is 0.112. The second-order valence-corrected chi connectivity index (χ2v) is 4.38. The smallest absolute Gasteiger partial charge is 0.160 e. The van der Waals surface area contributed by atoms with Crippen LogP contribution in [0.5, 0.6) is 0 Å². The Balaban J connectivity index is 2.21. The Labute approximate surface area is 95.9 Å². The van der Waals surface area contributed by atoms with Gasteiger partial charge in [-0.25, -0.2) is 4.68 Å². The summed E-state index contributed by atoms with van der Waals surface area (Å²) in [5.74, 6) is 0. The Kier molecular flexibility index (Phi) is 2.08. The van der Waals surface area contributed by atoms with Gasteiger partial charge in [0.05, 0.1) is 22.3 Å². The van der Waals surface area contributed by atoms with Crippen molar-refractivity contribution in [2.45, 2.75) is 0 Å². The molecule has 4 heteroatoms. The van der Waals surface area contributed by atoms with E-state index in [1.54, 1.807) is 0 Å². The summed E-state index contributed by atoms with van der Waals surface area (Å²) in [7, 11) is 0. The molecule has 2 aromatic heterocycles. The van der Waals surface area contributed by atoms with E-state index in [0.29, 0.717) is 0 Å². The van der Waals surface area contributed by atoms with E-state index in [1.807, 2.05) is 46.6 Å². The fourth-order valence-corrected chi connectivity index (χ4v) is 2.36. The zero-order chi connectivity index (χ0) is 11.0. The number of carbonyl (C=O) groups is 1. The normalized spacial score (nSPS) is 10.8. The fourth-order valence-electron chi connectivity index (χ4n) is 1.69. The van der Waals surface area contributed by atoms with Crippen LogP contribution in [-0.4, -0.2) is 16.1 Å². The minimum absolute atomic E-state index is 0.717. The van der Waals surface area contributed by atoms with Crippen LogP contribution in [-0.2, 0) is 0 Å². The Morgan fingerprint density at radius 1 is 1.31 bits per heavy atom. The number of nitrogens with zero attached hydrogens (tertiary/aromatic N) is 2. The fraction of sp³-hybridized carbons (Fsp3) is 0. The SMILES string of the molecule is O=Cc1cc(-n2ncc3ccccc32)cs1. The number of hydrogen-bond acceptors (Lipinski definition) is 3. The Bertz CT molecular complexity index is 654. The second kappa shape index (κ2) is 3.57. The average Bonchev–Trinajstić information content (AvgIpc) is 2.94. The Morgan fingerprint density at radius 3 is 3.00 bits per heavy atom. The molecular formula is C12H8N2OS. The third-order valence-electron chi connectivity index (χ3n) is 2.44. The first kappa shape index (κ1) is 9.30. The van der Waals surface area contributed by atoms with E-state index < -0.39 is 0 Å². The molecule has 1 aromatic carbocycles. The van der Waals surface area contributed by atoms with Crippen LogP contribution in [0.4, 0.5) is 0 Å². The molecule has 0 aliphatic carbocycles. The van der Waals surface area contributed by atoms with Crippen LogP contribution in [0.1, 0.15) is 9.67 Å². The van der Waals surface area contributed by atoms with Gasteiger partial charge in [-0.1, -0.05) is 18.2 Å². The largest absolute Gasteiger partial charge is 0.297 e. The molecule has 0 amide bonds. The highest BCUT2D eigenvalue weighted by Gasteiger charge is 2.05. The molecule has 0 aliphatic heterocycles. The molecule has 2 heterocycles. The lowest BCUT2D eigenvalue weighted by Crippen LogP contribution is -1.92. The standard InChI is InChI=1S/C12H8N2OS/c15-7-11-5-10(8-16-11)14-12-4-2-1-3-9(12)6-13-14/h1-8H. The minimum atomic E-state index is 0.717. The molecule has 3 rings (SSSR count). The number of thiophene rings is 1. The van der Waals surface area contributed by atoms with Crippen LogP contribution in [0, 0.1) is 0 Å². The van der Waals surface area contributed by atoms with Gasteiger partial charge in [-0.05, 0) is 12.1 Å². The van der Waals surface area contributed by atoms with Gasteiger partial charge in [0, 0.05) is 10.8 Å². The molecule has 0 atom stereocenters. The van der Waals surface area contributed by atoms with Crippen molar-refractivity contribution in [3.05, 3.63) is 46.8 Å². The molecule has 0 bridgehead atoms. The van der Waals surface area contributed by atoms with Gasteiger partial charge in [0.15, 0.2) is 6.29 Å². The highest BCUT2D eigenvalue weighted by Crippen LogP contribution is 2.21. The van der Waals surface area contributed by atoms with Crippen LogP contribution in [0.25, 0.3) is 16.6 Å². The maximum Gasteiger partial charge on any atom is 0.160 e. The summed E-state index contributed by atoms with van der Waals surface area (Å²) in [6, 6.07) is 9.84. The van der Waals surface area contributed by atoms with Crippen molar-refractivity contribution >= 4 is 28.5 Å². The molecule has 0 aliphatic rings. The highest BCUT2D eigenvalue weighted by molar-refractivity contribution is 7.12. The molecule has 3 aromatic rings. The first-order valence-corrected chi connectivity index (χ1v) is 5.73. The van der Waals surface area contributed by atoms with E-state index in [2.05, 4.69) is 5.10 Å². The summed E-state index contributed by atoms with van der Waals surface area (Å²) >= 11 is 1.43. The Morgan fingerprint density at radius 2 is 2.19 bits per heavy atom. The molecule has 0 radical (unpaired) electrons. The van der Waals surface area contributed by atoms with E-state index in [1.165, 1.54) is 11.3 Å². The zero-order valence-corrected chi connectivity index (χ0v) is 9.15. The van der Waals surface area contributed by atoms with Gasteiger partial charge in [0.25, 0.3) is 0 Å². The highest BCUT2D eigenvalue weighted by atomic mass is 32.1. The van der Waals surface area contributed by atoms with Crippen molar-refractivity contribution in [1.82, 2.24) is 9.78 Å². The lowest BCUT2D eigenvalue weighted by atomic mass is 10.2. The second-order valence-electron chi connectivity index (χ2n) is 3.44. The van der Waals surface area contributed by atoms with E-state index in [0.717, 1.165) is 27.8 Å². The Hall–Kier alpha value is -1.94. The van der Waals surface area contributed by atoms with Crippen LogP contribution in [0.15, 0.2) is 41.9 Å². The summed E-state index contributed by atoms with van der Waals surface area (Å²) in [6.07, 6.45) is 2.69. The third-order valence-corrected chi connectivity index (χ3v) is 3.29. The number of benzene rings is 1. The van der Waals surface area contributed by atoms with Crippen LogP contribution in [0.3, 0.4) is 0 Å². The number of fused-ring (bicyclic) bond motifs is 1. The number of aromatic nitrogens is 2. The van der Waals surface area contributed by atoms with Crippen molar-refractivity contribution in [2.75, 3.05) is 0 Å². The van der Waals surface area contributed by atoms with E-state index in [9.17, 15) is 4.79 Å². The number of aldehydes is 1. The maximum absolute atomic E-state index is 10.6. The molecule has 0 N–H and O–H groups in total. The van der Waals surface area contributed by atoms with Crippen molar-refractivity contribution in [3.8, 4) is 5.69 Å². The molecule has 0 fully saturated rings. The van der Waals surface area contributed by atoms with Crippen molar-refractivity contribution < 1.29 is 4.79 Å². The minimum Gasteiger partial charge on any atom is -0.297 e. The molecule has 0 saturated heterocycles. The molecule has 3 nitrogen and oxygen atoms in total. The molecule has 0 spiro atoms. The molecule has 78 valence electrons. The molecule has 0 saturated carbocycles. The van der Waals surface area contributed by atoms with Crippen LogP contribution in [0.2, 0.25) is 0 Å². The van der Waals surface area contributed by atoms with E-state index in [-0.39, 0.29) is 0 Å². The van der Waals surface area contributed by atoms with Gasteiger partial charge < -0.3 is 0 Å². The maximum atomic E-state index is 10.6. The quantitative estimate of drug-likeness (QED) is 0.632. The van der Waals surface area contributed by atoms with Gasteiger partial charge >= 0.3 is 0 Å².